The highest BCUT2D eigenvalue weighted by Gasteiger charge is 2.47. The van der Waals surface area contributed by atoms with Crippen molar-refractivity contribution in [3.8, 4) is 5.69 Å². The summed E-state index contributed by atoms with van der Waals surface area (Å²) in [7, 11) is 1.78. The maximum atomic E-state index is 12.2. The normalized spacial score (nSPS) is 18.0. The summed E-state index contributed by atoms with van der Waals surface area (Å²) in [5, 5.41) is 0. The number of imidazole rings is 1. The van der Waals surface area contributed by atoms with E-state index in [-0.39, 0.29) is 17.1 Å². The largest absolute Gasteiger partial charge is 0.332 e. The second-order valence-electron chi connectivity index (χ2n) is 5.99. The van der Waals surface area contributed by atoms with Crippen LogP contribution in [0.3, 0.4) is 0 Å². The van der Waals surface area contributed by atoms with Crippen molar-refractivity contribution in [3.63, 3.8) is 0 Å². The van der Waals surface area contributed by atoms with E-state index < -0.39 is 0 Å². The van der Waals surface area contributed by atoms with Gasteiger partial charge in [-0.2, -0.15) is 0 Å². The minimum absolute atomic E-state index is 0.00899. The summed E-state index contributed by atoms with van der Waals surface area (Å²) < 4.78 is 3.36. The minimum atomic E-state index is -0.00899. The third-order valence-electron chi connectivity index (χ3n) is 4.57. The number of hydrogen-bond donors (Lipinski definition) is 1. The molecule has 4 nitrogen and oxygen atoms in total. The van der Waals surface area contributed by atoms with Crippen LogP contribution < -0.4 is 11.4 Å². The SMILES string of the molecule is Cc1cn(C)c(=O)n1-c1cccc(C2(C(C)N)CC2)c1. The van der Waals surface area contributed by atoms with Crippen molar-refractivity contribution in [2.24, 2.45) is 12.8 Å². The Hall–Kier alpha value is -1.81. The van der Waals surface area contributed by atoms with Gasteiger partial charge in [0.1, 0.15) is 0 Å². The van der Waals surface area contributed by atoms with Crippen molar-refractivity contribution in [1.82, 2.24) is 9.13 Å². The molecule has 1 saturated carbocycles. The van der Waals surface area contributed by atoms with E-state index in [2.05, 4.69) is 19.1 Å². The van der Waals surface area contributed by atoms with Crippen LogP contribution in [-0.2, 0) is 12.5 Å². The summed E-state index contributed by atoms with van der Waals surface area (Å²) in [5.41, 5.74) is 9.37. The lowest BCUT2D eigenvalue weighted by molar-refractivity contribution is 0.556. The van der Waals surface area contributed by atoms with Gasteiger partial charge in [-0.15, -0.1) is 0 Å². The molecule has 1 atom stereocenters. The fourth-order valence-corrected chi connectivity index (χ4v) is 3.11. The van der Waals surface area contributed by atoms with Crippen molar-refractivity contribution in [3.05, 3.63) is 52.2 Å². The molecule has 3 rings (SSSR count). The lowest BCUT2D eigenvalue weighted by Crippen LogP contribution is -2.31. The van der Waals surface area contributed by atoms with Crippen LogP contribution in [0.15, 0.2) is 35.3 Å². The molecule has 1 aromatic carbocycles. The number of rotatable bonds is 3. The number of aryl methyl sites for hydroxylation is 2. The summed E-state index contributed by atoms with van der Waals surface area (Å²) in [5.74, 6) is 0. The van der Waals surface area contributed by atoms with Crippen molar-refractivity contribution >= 4 is 0 Å². The second-order valence-corrected chi connectivity index (χ2v) is 5.99. The van der Waals surface area contributed by atoms with E-state index >= 15 is 0 Å². The van der Waals surface area contributed by atoms with Gasteiger partial charge in [-0.25, -0.2) is 4.79 Å². The van der Waals surface area contributed by atoms with E-state index in [1.165, 1.54) is 5.56 Å². The van der Waals surface area contributed by atoms with Crippen LogP contribution in [0, 0.1) is 6.92 Å². The molecule has 0 aliphatic heterocycles. The summed E-state index contributed by atoms with van der Waals surface area (Å²) in [6.07, 6.45) is 4.13. The average Bonchev–Trinajstić information content (AvgIpc) is 3.16. The number of nitrogens with two attached hydrogens (primary N) is 1. The molecule has 0 radical (unpaired) electrons. The van der Waals surface area contributed by atoms with E-state index in [4.69, 9.17) is 5.73 Å². The third-order valence-corrected chi connectivity index (χ3v) is 4.57. The van der Waals surface area contributed by atoms with Gasteiger partial charge >= 0.3 is 5.69 Å². The average molecular weight is 271 g/mol. The van der Waals surface area contributed by atoms with Gasteiger partial charge in [0, 0.05) is 30.4 Å². The molecule has 1 aromatic heterocycles. The highest BCUT2D eigenvalue weighted by molar-refractivity contribution is 5.43. The molecule has 1 fully saturated rings. The molecule has 0 amide bonds. The Morgan fingerprint density at radius 3 is 2.55 bits per heavy atom. The first-order chi connectivity index (χ1) is 9.45. The number of benzene rings is 1. The maximum Gasteiger partial charge on any atom is 0.332 e. The molecule has 0 saturated heterocycles. The van der Waals surface area contributed by atoms with Crippen molar-refractivity contribution in [2.75, 3.05) is 0 Å². The van der Waals surface area contributed by atoms with Gasteiger partial charge in [-0.1, -0.05) is 12.1 Å². The van der Waals surface area contributed by atoms with Crippen LogP contribution in [0.5, 0.6) is 0 Å². The van der Waals surface area contributed by atoms with Gasteiger partial charge < -0.3 is 10.3 Å². The van der Waals surface area contributed by atoms with Gasteiger partial charge in [0.2, 0.25) is 0 Å². The minimum Gasteiger partial charge on any atom is -0.327 e. The maximum absolute atomic E-state index is 12.2. The summed E-state index contributed by atoms with van der Waals surface area (Å²) in [4.78, 5) is 12.2. The number of aromatic nitrogens is 2. The van der Waals surface area contributed by atoms with E-state index in [0.717, 1.165) is 24.2 Å². The third kappa shape index (κ3) is 1.83. The Balaban J connectivity index is 2.11. The molecule has 1 unspecified atom stereocenters. The molecule has 0 spiro atoms. The van der Waals surface area contributed by atoms with Crippen LogP contribution >= 0.6 is 0 Å². The monoisotopic (exact) mass is 271 g/mol. The smallest absolute Gasteiger partial charge is 0.327 e. The van der Waals surface area contributed by atoms with Crippen LogP contribution in [0.2, 0.25) is 0 Å². The van der Waals surface area contributed by atoms with Crippen LogP contribution in [-0.4, -0.2) is 15.2 Å². The van der Waals surface area contributed by atoms with E-state index in [1.807, 2.05) is 25.3 Å². The lowest BCUT2D eigenvalue weighted by Gasteiger charge is -2.21. The molecule has 1 aliphatic carbocycles. The molecule has 4 heteroatoms. The van der Waals surface area contributed by atoms with Gasteiger partial charge in [0.05, 0.1) is 5.69 Å². The predicted molar refractivity (Wildman–Crippen MR) is 80.3 cm³/mol. The summed E-state index contributed by atoms with van der Waals surface area (Å²) in [6.45, 7) is 4.02. The van der Waals surface area contributed by atoms with E-state index in [0.29, 0.717) is 0 Å². The Kier molecular flexibility index (Phi) is 2.87. The molecule has 2 N–H and O–H groups in total. The molecular weight excluding hydrogens is 250 g/mol. The zero-order valence-electron chi connectivity index (χ0n) is 12.3. The molecule has 0 bridgehead atoms. The van der Waals surface area contributed by atoms with E-state index in [1.54, 1.807) is 16.2 Å². The van der Waals surface area contributed by atoms with Gasteiger partial charge in [0.15, 0.2) is 0 Å². The Morgan fingerprint density at radius 1 is 1.35 bits per heavy atom. The standard InChI is InChI=1S/C16H21N3O/c1-11-10-18(3)15(20)19(11)14-6-4-5-13(9-14)16(7-8-16)12(2)17/h4-6,9-10,12H,7-8,17H2,1-3H3. The first-order valence-corrected chi connectivity index (χ1v) is 7.07. The van der Waals surface area contributed by atoms with Crippen LogP contribution in [0.4, 0.5) is 0 Å². The zero-order chi connectivity index (χ0) is 14.5. The van der Waals surface area contributed by atoms with E-state index in [9.17, 15) is 4.79 Å². The van der Waals surface area contributed by atoms with Crippen LogP contribution in [0.1, 0.15) is 31.0 Å². The quantitative estimate of drug-likeness (QED) is 0.926. The first-order valence-electron chi connectivity index (χ1n) is 7.07. The molecule has 1 heterocycles. The summed E-state index contributed by atoms with van der Waals surface area (Å²) >= 11 is 0. The number of hydrogen-bond acceptors (Lipinski definition) is 2. The van der Waals surface area contributed by atoms with Crippen molar-refractivity contribution in [2.45, 2.75) is 38.1 Å². The Morgan fingerprint density at radius 2 is 2.05 bits per heavy atom. The molecule has 20 heavy (non-hydrogen) atoms. The highest BCUT2D eigenvalue weighted by Crippen LogP contribution is 2.50. The topological polar surface area (TPSA) is 53.0 Å². The zero-order valence-corrected chi connectivity index (χ0v) is 12.3. The highest BCUT2D eigenvalue weighted by atomic mass is 16.1. The second kappa shape index (κ2) is 4.35. The van der Waals surface area contributed by atoms with Gasteiger partial charge in [-0.3, -0.25) is 4.57 Å². The molecule has 2 aromatic rings. The fourth-order valence-electron chi connectivity index (χ4n) is 3.11. The Labute approximate surface area is 118 Å². The summed E-state index contributed by atoms with van der Waals surface area (Å²) in [6, 6.07) is 8.39. The van der Waals surface area contributed by atoms with Crippen LogP contribution in [0.25, 0.3) is 5.69 Å². The van der Waals surface area contributed by atoms with Crippen molar-refractivity contribution in [1.29, 1.82) is 0 Å². The number of nitrogens with zero attached hydrogens (tertiary/aromatic N) is 2. The molecule has 1 aliphatic rings. The van der Waals surface area contributed by atoms with Gasteiger partial charge in [-0.05, 0) is 44.4 Å². The Bertz CT molecular complexity index is 705. The van der Waals surface area contributed by atoms with Crippen molar-refractivity contribution < 1.29 is 0 Å². The lowest BCUT2D eigenvalue weighted by atomic mass is 9.89. The molecular formula is C16H21N3O. The first kappa shape index (κ1) is 13.2. The fraction of sp³-hybridized carbons (Fsp3) is 0.438. The predicted octanol–water partition coefficient (Wildman–Crippen LogP) is 1.86. The van der Waals surface area contributed by atoms with Gasteiger partial charge in [0.25, 0.3) is 0 Å². The molecule has 106 valence electrons.